The number of piperidine rings is 1. The second-order valence-electron chi connectivity index (χ2n) is 8.97. The van der Waals surface area contributed by atoms with Crippen molar-refractivity contribution in [2.45, 2.75) is 36.4 Å². The van der Waals surface area contributed by atoms with Crippen molar-refractivity contribution in [3.05, 3.63) is 52.6 Å². The van der Waals surface area contributed by atoms with Crippen LogP contribution in [0.2, 0.25) is 5.02 Å². The number of likely N-dealkylation sites (tertiary alicyclic amines) is 1. The molecule has 13 heteroatoms. The number of methoxy groups -OCH3 is 1. The number of benzene rings is 1. The summed E-state index contributed by atoms with van der Waals surface area (Å²) in [5.74, 6) is 0.941. The van der Waals surface area contributed by atoms with Crippen molar-refractivity contribution in [2.24, 2.45) is 0 Å². The quantitative estimate of drug-likeness (QED) is 0.371. The lowest BCUT2D eigenvalue weighted by Gasteiger charge is -2.36. The van der Waals surface area contributed by atoms with Gasteiger partial charge >= 0.3 is 0 Å². The van der Waals surface area contributed by atoms with E-state index in [4.69, 9.17) is 16.3 Å². The first kappa shape index (κ1) is 30.6. The first-order valence-corrected chi connectivity index (χ1v) is 13.1. The van der Waals surface area contributed by atoms with Gasteiger partial charge in [-0.1, -0.05) is 11.6 Å². The molecule has 8 nitrogen and oxygen atoms in total. The molecule has 38 heavy (non-hydrogen) atoms. The predicted molar refractivity (Wildman–Crippen MR) is 153 cm³/mol. The number of nitrogens with one attached hydrogen (secondary N) is 2. The summed E-state index contributed by atoms with van der Waals surface area (Å²) in [7, 11) is 1.50. The number of anilines is 1. The fourth-order valence-corrected chi connectivity index (χ4v) is 5.68. The van der Waals surface area contributed by atoms with Crippen molar-refractivity contribution in [1.82, 2.24) is 20.2 Å². The number of β-amino-alcohol motifs (C(OH)–C–C–N with tert-alkyl or cyclic N) is 1. The fraction of sp³-hybridized carbons (Fsp3) is 0.400. The lowest BCUT2D eigenvalue weighted by atomic mass is 10.00. The molecular weight excluding hydrogens is 576 g/mol. The topological polar surface area (TPSA) is 99.6 Å². The van der Waals surface area contributed by atoms with Gasteiger partial charge in [0.05, 0.1) is 34.6 Å². The Labute approximate surface area is 241 Å². The first-order valence-electron chi connectivity index (χ1n) is 11.8. The number of halogens is 4. The van der Waals surface area contributed by atoms with Crippen LogP contribution in [0.1, 0.15) is 17.7 Å². The van der Waals surface area contributed by atoms with Crippen LogP contribution >= 0.6 is 48.2 Å². The summed E-state index contributed by atoms with van der Waals surface area (Å²) in [6.07, 6.45) is 2.30. The van der Waals surface area contributed by atoms with E-state index in [9.17, 15) is 14.3 Å². The van der Waals surface area contributed by atoms with Crippen molar-refractivity contribution >= 4 is 70.8 Å². The highest BCUT2D eigenvalue weighted by atomic mass is 35.5. The van der Waals surface area contributed by atoms with Gasteiger partial charge in [0.25, 0.3) is 0 Å². The summed E-state index contributed by atoms with van der Waals surface area (Å²) in [5, 5.41) is 18.1. The average Bonchev–Trinajstić information content (AvgIpc) is 2.87. The molecule has 0 aliphatic carbocycles. The number of ether oxygens (including phenoxy) is 1. The van der Waals surface area contributed by atoms with Crippen molar-refractivity contribution in [3.63, 3.8) is 0 Å². The Bertz CT molecular complexity index is 1300. The SMILES string of the molecule is COc1cc(F)c2ncc(Cl)c(CCN3CC[C@@H](NCc4ccc5c(n4)NC(=O)CS5)[C@@H](O)C3)c2c1.Cl.Cl. The number of aromatic nitrogens is 2. The van der Waals surface area contributed by atoms with Gasteiger partial charge in [-0.25, -0.2) is 9.37 Å². The number of carbonyl (C=O) groups excluding carboxylic acids is 1. The lowest BCUT2D eigenvalue weighted by molar-refractivity contribution is -0.113. The molecule has 2 aliphatic rings. The standard InChI is InChI=1S/C25H27ClFN5O3S.2ClH/c1-35-15-8-17-16(18(26)11-29-24(17)19(27)9-15)4-6-32-7-5-20(21(33)12-32)28-10-14-2-3-22-25(30-14)31-23(34)13-36-22;;/h2-3,8-9,11,20-21,28,33H,4-7,10,12-13H2,1H3,(H,30,31,34);2*1H/t20-,21+;;/m1../s1. The Morgan fingerprint density at radius 1 is 1.34 bits per heavy atom. The van der Waals surface area contributed by atoms with Crippen LogP contribution in [0.15, 0.2) is 35.4 Å². The molecule has 0 bridgehead atoms. The Hall–Kier alpha value is -1.92. The zero-order chi connectivity index (χ0) is 25.2. The number of fused-ring (bicyclic) bond motifs is 2. The zero-order valence-corrected chi connectivity index (χ0v) is 23.8. The number of pyridine rings is 2. The van der Waals surface area contributed by atoms with Gasteiger partial charge in [0.1, 0.15) is 17.1 Å². The van der Waals surface area contributed by atoms with Gasteiger partial charge < -0.3 is 25.4 Å². The minimum absolute atomic E-state index is 0. The Morgan fingerprint density at radius 3 is 2.92 bits per heavy atom. The van der Waals surface area contributed by atoms with Crippen LogP contribution in [-0.2, 0) is 17.8 Å². The molecule has 2 atom stereocenters. The lowest BCUT2D eigenvalue weighted by Crippen LogP contribution is -2.52. The Kier molecular flexibility index (Phi) is 10.8. The monoisotopic (exact) mass is 603 g/mol. The van der Waals surface area contributed by atoms with E-state index in [1.165, 1.54) is 31.1 Å². The zero-order valence-electron chi connectivity index (χ0n) is 20.6. The van der Waals surface area contributed by atoms with Crippen LogP contribution in [-0.4, -0.2) is 70.5 Å². The maximum atomic E-state index is 14.5. The summed E-state index contributed by atoms with van der Waals surface area (Å²) >= 11 is 7.92. The van der Waals surface area contributed by atoms with Crippen LogP contribution in [0.25, 0.3) is 10.9 Å². The Balaban J connectivity index is 0.00000200. The van der Waals surface area contributed by atoms with Gasteiger partial charge in [-0.15, -0.1) is 36.6 Å². The smallest absolute Gasteiger partial charge is 0.235 e. The number of aliphatic hydroxyl groups excluding tert-OH is 1. The molecule has 4 heterocycles. The second-order valence-corrected chi connectivity index (χ2v) is 10.4. The van der Waals surface area contributed by atoms with Crippen LogP contribution in [0, 0.1) is 5.82 Å². The molecule has 0 radical (unpaired) electrons. The van der Waals surface area contributed by atoms with Crippen LogP contribution in [0.4, 0.5) is 10.2 Å². The van der Waals surface area contributed by atoms with Gasteiger partial charge in [-0.2, -0.15) is 0 Å². The molecular formula is C25H29Cl3FN5O3S. The number of aliphatic hydroxyl groups is 1. The highest BCUT2D eigenvalue weighted by Crippen LogP contribution is 2.31. The average molecular weight is 605 g/mol. The van der Waals surface area contributed by atoms with Crippen molar-refractivity contribution in [2.75, 3.05) is 37.8 Å². The number of nitrogens with zero attached hydrogens (tertiary/aromatic N) is 3. The normalized spacial score (nSPS) is 19.2. The number of amides is 1. The highest BCUT2D eigenvalue weighted by Gasteiger charge is 2.28. The molecule has 3 N–H and O–H groups in total. The number of hydrogen-bond acceptors (Lipinski definition) is 8. The van der Waals surface area contributed by atoms with Gasteiger partial charge in [0.15, 0.2) is 5.82 Å². The highest BCUT2D eigenvalue weighted by molar-refractivity contribution is 8.00. The van der Waals surface area contributed by atoms with E-state index >= 15 is 0 Å². The predicted octanol–water partition coefficient (Wildman–Crippen LogP) is 4.09. The van der Waals surface area contributed by atoms with E-state index in [1.807, 2.05) is 12.1 Å². The summed E-state index contributed by atoms with van der Waals surface area (Å²) in [5.41, 5.74) is 1.90. The molecule has 1 aromatic carbocycles. The molecule has 3 aromatic rings. The van der Waals surface area contributed by atoms with Crippen molar-refractivity contribution < 1.29 is 19.0 Å². The molecule has 5 rings (SSSR count). The van der Waals surface area contributed by atoms with E-state index < -0.39 is 11.9 Å². The maximum absolute atomic E-state index is 14.5. The molecule has 1 saturated heterocycles. The summed E-state index contributed by atoms with van der Waals surface area (Å²) < 4.78 is 19.7. The molecule has 1 fully saturated rings. The van der Waals surface area contributed by atoms with E-state index in [-0.39, 0.29) is 42.3 Å². The van der Waals surface area contributed by atoms with Crippen LogP contribution in [0.5, 0.6) is 5.75 Å². The maximum Gasteiger partial charge on any atom is 0.235 e. The Morgan fingerprint density at radius 2 is 2.16 bits per heavy atom. The third-order valence-corrected chi connectivity index (χ3v) is 7.99. The molecule has 0 saturated carbocycles. The van der Waals surface area contributed by atoms with Gasteiger partial charge in [0, 0.05) is 43.3 Å². The third kappa shape index (κ3) is 6.80. The van der Waals surface area contributed by atoms with Crippen molar-refractivity contribution in [1.29, 1.82) is 0 Å². The second kappa shape index (κ2) is 13.4. The summed E-state index contributed by atoms with van der Waals surface area (Å²) in [6, 6.07) is 6.93. The molecule has 206 valence electrons. The minimum Gasteiger partial charge on any atom is -0.497 e. The van der Waals surface area contributed by atoms with Gasteiger partial charge in [-0.05, 0) is 43.1 Å². The molecule has 0 spiro atoms. The van der Waals surface area contributed by atoms with E-state index in [1.54, 1.807) is 6.07 Å². The minimum atomic E-state index is -0.547. The van der Waals surface area contributed by atoms with Crippen LogP contribution in [0.3, 0.4) is 0 Å². The molecule has 1 amide bonds. The molecule has 2 aromatic heterocycles. The largest absolute Gasteiger partial charge is 0.497 e. The first-order chi connectivity index (χ1) is 17.4. The molecule has 0 unspecified atom stereocenters. The fourth-order valence-electron chi connectivity index (χ4n) is 4.68. The van der Waals surface area contributed by atoms with E-state index in [0.717, 1.165) is 29.1 Å². The number of hydrogen-bond donors (Lipinski definition) is 3. The van der Waals surface area contributed by atoms with E-state index in [0.29, 0.717) is 53.8 Å². The number of rotatable bonds is 7. The van der Waals surface area contributed by atoms with E-state index in [2.05, 4.69) is 25.5 Å². The number of thioether (sulfide) groups is 1. The van der Waals surface area contributed by atoms with Gasteiger partial charge in [0.2, 0.25) is 5.91 Å². The van der Waals surface area contributed by atoms with Gasteiger partial charge in [-0.3, -0.25) is 9.78 Å². The number of carbonyl (C=O) groups is 1. The van der Waals surface area contributed by atoms with Crippen LogP contribution < -0.4 is 15.4 Å². The third-order valence-electron chi connectivity index (χ3n) is 6.61. The summed E-state index contributed by atoms with van der Waals surface area (Å²) in [6.45, 7) is 2.49. The van der Waals surface area contributed by atoms with Crippen molar-refractivity contribution in [3.8, 4) is 5.75 Å². The molecule has 2 aliphatic heterocycles. The summed E-state index contributed by atoms with van der Waals surface area (Å²) in [4.78, 5) is 23.5.